The normalized spacial score (nSPS) is 15.9. The van der Waals surface area contributed by atoms with Crippen molar-refractivity contribution in [2.45, 2.75) is 18.9 Å². The van der Waals surface area contributed by atoms with Crippen LogP contribution in [-0.4, -0.2) is 31.0 Å². The highest BCUT2D eigenvalue weighted by atomic mass is 35.5. The van der Waals surface area contributed by atoms with Crippen molar-refractivity contribution < 1.29 is 0 Å². The lowest BCUT2D eigenvalue weighted by molar-refractivity contribution is 0.663. The predicted molar refractivity (Wildman–Crippen MR) is 55.8 cm³/mol. The molecule has 78 valence electrons. The van der Waals surface area contributed by atoms with Crippen LogP contribution < -0.4 is 5.32 Å². The lowest BCUT2D eigenvalue weighted by Crippen LogP contribution is -2.04. The number of aryl methyl sites for hydroxylation is 1. The Balaban J connectivity index is 2.15. The van der Waals surface area contributed by atoms with Gasteiger partial charge in [-0.05, 0) is 24.4 Å². The summed E-state index contributed by atoms with van der Waals surface area (Å²) in [5.74, 6) is 0.681. The Labute approximate surface area is 90.7 Å². The molecule has 0 unspecified atom stereocenters. The van der Waals surface area contributed by atoms with Gasteiger partial charge in [0.15, 0.2) is 11.3 Å². The lowest BCUT2D eigenvalue weighted by atomic mass is 10.5. The molecule has 0 atom stereocenters. The van der Waals surface area contributed by atoms with E-state index in [-0.39, 0.29) is 5.28 Å². The van der Waals surface area contributed by atoms with E-state index in [1.165, 1.54) is 17.6 Å². The number of hydrogen-bond acceptors (Lipinski definition) is 5. The topological polar surface area (TPSA) is 68.5 Å². The fourth-order valence-corrected chi connectivity index (χ4v) is 1.57. The van der Waals surface area contributed by atoms with Gasteiger partial charge in [-0.25, -0.2) is 0 Å². The van der Waals surface area contributed by atoms with Crippen molar-refractivity contribution >= 4 is 28.6 Å². The molecule has 0 bridgehead atoms. The maximum atomic E-state index is 5.80. The van der Waals surface area contributed by atoms with Crippen LogP contribution in [0.5, 0.6) is 0 Å². The number of anilines is 1. The summed E-state index contributed by atoms with van der Waals surface area (Å²) in [7, 11) is 1.75. The van der Waals surface area contributed by atoms with Crippen LogP contribution in [0.4, 0.5) is 5.82 Å². The van der Waals surface area contributed by atoms with Gasteiger partial charge in [0.1, 0.15) is 0 Å². The number of nitrogens with zero attached hydrogens (tertiary/aromatic N) is 5. The van der Waals surface area contributed by atoms with Gasteiger partial charge in [0.05, 0.1) is 0 Å². The van der Waals surface area contributed by atoms with Crippen LogP contribution in [0.15, 0.2) is 0 Å². The van der Waals surface area contributed by atoms with Gasteiger partial charge in [-0.3, -0.25) is 0 Å². The van der Waals surface area contributed by atoms with Gasteiger partial charge in [-0.2, -0.15) is 14.8 Å². The predicted octanol–water partition coefficient (Wildman–Crippen LogP) is 0.986. The molecule has 15 heavy (non-hydrogen) atoms. The van der Waals surface area contributed by atoms with E-state index in [9.17, 15) is 0 Å². The largest absolute Gasteiger partial charge is 0.365 e. The smallest absolute Gasteiger partial charge is 0.226 e. The van der Waals surface area contributed by atoms with E-state index in [4.69, 9.17) is 11.6 Å². The van der Waals surface area contributed by atoms with Gasteiger partial charge in [0.2, 0.25) is 10.9 Å². The van der Waals surface area contributed by atoms with E-state index < -0.39 is 0 Å². The fourth-order valence-electron chi connectivity index (χ4n) is 1.40. The van der Waals surface area contributed by atoms with Crippen LogP contribution in [0.1, 0.15) is 12.8 Å². The highest BCUT2D eigenvalue weighted by Crippen LogP contribution is 2.27. The Morgan fingerprint density at radius 1 is 1.33 bits per heavy atom. The summed E-state index contributed by atoms with van der Waals surface area (Å²) in [5.41, 5.74) is 1.20. The van der Waals surface area contributed by atoms with Crippen molar-refractivity contribution in [1.82, 2.24) is 25.0 Å². The number of nitrogens with one attached hydrogen (secondary N) is 1. The van der Waals surface area contributed by atoms with Crippen molar-refractivity contribution in [3.8, 4) is 0 Å². The number of halogens is 1. The van der Waals surface area contributed by atoms with Crippen LogP contribution in [0.25, 0.3) is 11.2 Å². The van der Waals surface area contributed by atoms with Crippen molar-refractivity contribution in [2.75, 3.05) is 5.32 Å². The van der Waals surface area contributed by atoms with Crippen molar-refractivity contribution in [1.29, 1.82) is 0 Å². The van der Waals surface area contributed by atoms with E-state index >= 15 is 0 Å². The van der Waals surface area contributed by atoms with Gasteiger partial charge in [-0.15, -0.1) is 10.2 Å². The molecule has 2 aromatic heterocycles. The minimum Gasteiger partial charge on any atom is -0.365 e. The Kier molecular flexibility index (Phi) is 1.79. The lowest BCUT2D eigenvalue weighted by Gasteiger charge is -2.02. The molecule has 7 heteroatoms. The second kappa shape index (κ2) is 3.03. The fraction of sp³-hybridized carbons (Fsp3) is 0.500. The maximum absolute atomic E-state index is 5.80. The Morgan fingerprint density at radius 3 is 2.87 bits per heavy atom. The first kappa shape index (κ1) is 8.84. The Hall–Kier alpha value is -1.43. The molecule has 1 N–H and O–H groups in total. The molecule has 1 fully saturated rings. The molecule has 1 saturated carbocycles. The monoisotopic (exact) mass is 224 g/mol. The second-order valence-electron chi connectivity index (χ2n) is 3.62. The molecule has 0 radical (unpaired) electrons. The van der Waals surface area contributed by atoms with Crippen molar-refractivity contribution in [3.63, 3.8) is 0 Å². The van der Waals surface area contributed by atoms with E-state index in [1.807, 2.05) is 0 Å². The standard InChI is InChI=1S/C8H9ClN6/c1-15-13-5-6(10-4-2-3-4)11-8(9)12-7(5)14-15/h4H,2-3H2,1H3,(H,10,11,12,14). The first-order valence-corrected chi connectivity index (χ1v) is 5.11. The zero-order valence-corrected chi connectivity index (χ0v) is 8.86. The van der Waals surface area contributed by atoms with Gasteiger partial charge < -0.3 is 5.32 Å². The first-order chi connectivity index (χ1) is 7.22. The van der Waals surface area contributed by atoms with Crippen LogP contribution >= 0.6 is 11.6 Å². The molecule has 3 rings (SSSR count). The molecule has 2 heterocycles. The zero-order valence-electron chi connectivity index (χ0n) is 8.11. The van der Waals surface area contributed by atoms with Gasteiger partial charge >= 0.3 is 0 Å². The molecule has 0 amide bonds. The highest BCUT2D eigenvalue weighted by Gasteiger charge is 2.23. The summed E-state index contributed by atoms with van der Waals surface area (Å²) in [6, 6.07) is 0.501. The third-order valence-corrected chi connectivity index (χ3v) is 2.41. The van der Waals surface area contributed by atoms with Gasteiger partial charge in [0.25, 0.3) is 0 Å². The van der Waals surface area contributed by atoms with E-state index in [2.05, 4.69) is 25.5 Å². The summed E-state index contributed by atoms with van der Waals surface area (Å²) >= 11 is 5.80. The van der Waals surface area contributed by atoms with Crippen LogP contribution in [-0.2, 0) is 7.05 Å². The molecule has 1 aliphatic carbocycles. The molecule has 6 nitrogen and oxygen atoms in total. The van der Waals surface area contributed by atoms with Gasteiger partial charge in [-0.1, -0.05) is 0 Å². The minimum atomic E-state index is 0.200. The molecule has 0 spiro atoms. The molecule has 0 saturated heterocycles. The molecule has 1 aliphatic rings. The quantitative estimate of drug-likeness (QED) is 0.771. The zero-order chi connectivity index (χ0) is 10.4. The van der Waals surface area contributed by atoms with Crippen molar-refractivity contribution in [2.24, 2.45) is 7.05 Å². The average molecular weight is 225 g/mol. The Bertz CT molecular complexity index is 517. The summed E-state index contributed by atoms with van der Waals surface area (Å²) < 4.78 is 0. The van der Waals surface area contributed by atoms with Crippen LogP contribution in [0.3, 0.4) is 0 Å². The summed E-state index contributed by atoms with van der Waals surface area (Å²) in [5, 5.41) is 11.7. The number of aromatic nitrogens is 5. The van der Waals surface area contributed by atoms with Gasteiger partial charge in [0, 0.05) is 13.1 Å². The third-order valence-electron chi connectivity index (χ3n) is 2.24. The number of rotatable bonds is 2. The van der Waals surface area contributed by atoms with E-state index in [1.54, 1.807) is 7.05 Å². The molecule has 0 aromatic carbocycles. The van der Waals surface area contributed by atoms with Crippen molar-refractivity contribution in [3.05, 3.63) is 5.28 Å². The third kappa shape index (κ3) is 1.61. The van der Waals surface area contributed by atoms with E-state index in [0.29, 0.717) is 23.0 Å². The molecule has 0 aliphatic heterocycles. The SMILES string of the molecule is Cn1nc2nc(Cl)nc(NC3CC3)c2n1. The van der Waals surface area contributed by atoms with Crippen LogP contribution in [0.2, 0.25) is 5.28 Å². The summed E-state index contributed by atoms with van der Waals surface area (Å²) in [4.78, 5) is 9.59. The minimum absolute atomic E-state index is 0.200. The van der Waals surface area contributed by atoms with Crippen LogP contribution in [0, 0.1) is 0 Å². The first-order valence-electron chi connectivity index (χ1n) is 4.73. The molecular weight excluding hydrogens is 216 g/mol. The molecular formula is C8H9ClN6. The average Bonchev–Trinajstić information content (AvgIpc) is 2.87. The second-order valence-corrected chi connectivity index (χ2v) is 3.96. The Morgan fingerprint density at radius 2 is 2.13 bits per heavy atom. The maximum Gasteiger partial charge on any atom is 0.226 e. The highest BCUT2D eigenvalue weighted by molar-refractivity contribution is 6.28. The summed E-state index contributed by atoms with van der Waals surface area (Å²) in [6.07, 6.45) is 2.34. The molecule has 2 aromatic rings. The number of hydrogen-bond donors (Lipinski definition) is 1. The number of fused-ring (bicyclic) bond motifs is 1. The summed E-state index contributed by atoms with van der Waals surface area (Å²) in [6.45, 7) is 0. The van der Waals surface area contributed by atoms with E-state index in [0.717, 1.165) is 0 Å².